The van der Waals surface area contributed by atoms with Gasteiger partial charge in [-0.05, 0) is 42.0 Å². The summed E-state index contributed by atoms with van der Waals surface area (Å²) in [5.41, 5.74) is 4.69. The van der Waals surface area contributed by atoms with Crippen molar-refractivity contribution in [3.05, 3.63) is 64.1 Å². The lowest BCUT2D eigenvalue weighted by Gasteiger charge is -2.10. The Bertz CT molecular complexity index is 930. The third-order valence-corrected chi connectivity index (χ3v) is 7.45. The smallest absolute Gasteiger partial charge is 0.312 e. The van der Waals surface area contributed by atoms with E-state index in [0.29, 0.717) is 15.6 Å². The molecular formula is C17H15Cl2NO4S. The lowest BCUT2D eigenvalue weighted by atomic mass is 9.99. The first-order valence-electron chi connectivity index (χ1n) is 7.43. The average Bonchev–Trinajstić information content (AvgIpc) is 3.27. The summed E-state index contributed by atoms with van der Waals surface area (Å²) < 4.78 is 26.1. The van der Waals surface area contributed by atoms with Crippen molar-refractivity contribution in [2.45, 2.75) is 16.1 Å². The zero-order valence-corrected chi connectivity index (χ0v) is 15.2. The van der Waals surface area contributed by atoms with Gasteiger partial charge in [-0.1, -0.05) is 35.3 Å². The summed E-state index contributed by atoms with van der Waals surface area (Å²) in [5, 5.41) is 9.37. The minimum absolute atomic E-state index is 0.0190. The SMILES string of the molecule is NC[C@]1(C(=O)O)[C@H](c2cccc(Cl)c2)[C@H]1S(=O)(=O)c1ccc(Cl)cc1. The Hall–Kier alpha value is -1.60. The zero-order valence-electron chi connectivity index (χ0n) is 12.9. The van der Waals surface area contributed by atoms with Crippen molar-refractivity contribution >= 4 is 39.0 Å². The molecule has 1 aliphatic carbocycles. The average molecular weight is 400 g/mol. The van der Waals surface area contributed by atoms with Crippen molar-refractivity contribution in [1.82, 2.24) is 0 Å². The van der Waals surface area contributed by atoms with Crippen LogP contribution in [-0.2, 0) is 14.6 Å². The number of nitrogens with two attached hydrogens (primary N) is 1. The highest BCUT2D eigenvalue weighted by atomic mass is 35.5. The van der Waals surface area contributed by atoms with E-state index in [-0.39, 0.29) is 11.4 Å². The highest BCUT2D eigenvalue weighted by Crippen LogP contribution is 2.63. The zero-order chi connectivity index (χ0) is 18.4. The Labute approximate surface area is 155 Å². The van der Waals surface area contributed by atoms with E-state index in [4.69, 9.17) is 28.9 Å². The van der Waals surface area contributed by atoms with Gasteiger partial charge in [-0.25, -0.2) is 8.42 Å². The van der Waals surface area contributed by atoms with E-state index in [1.807, 2.05) is 0 Å². The second-order valence-corrected chi connectivity index (χ2v) is 8.94. The molecule has 3 atom stereocenters. The van der Waals surface area contributed by atoms with Gasteiger partial charge in [-0.3, -0.25) is 4.79 Å². The molecular weight excluding hydrogens is 385 g/mol. The molecule has 1 saturated carbocycles. The molecule has 132 valence electrons. The number of halogens is 2. The van der Waals surface area contributed by atoms with Gasteiger partial charge in [0.2, 0.25) is 0 Å². The van der Waals surface area contributed by atoms with E-state index in [1.165, 1.54) is 24.3 Å². The van der Waals surface area contributed by atoms with Crippen LogP contribution in [0.25, 0.3) is 0 Å². The van der Waals surface area contributed by atoms with Crippen LogP contribution in [0, 0.1) is 5.41 Å². The van der Waals surface area contributed by atoms with E-state index < -0.39 is 32.4 Å². The van der Waals surface area contributed by atoms with Crippen LogP contribution < -0.4 is 5.73 Å². The topological polar surface area (TPSA) is 97.5 Å². The molecule has 25 heavy (non-hydrogen) atoms. The molecule has 1 fully saturated rings. The monoisotopic (exact) mass is 399 g/mol. The van der Waals surface area contributed by atoms with Gasteiger partial charge in [0.15, 0.2) is 9.84 Å². The van der Waals surface area contributed by atoms with Crippen molar-refractivity contribution < 1.29 is 18.3 Å². The molecule has 8 heteroatoms. The first-order valence-corrected chi connectivity index (χ1v) is 9.73. The van der Waals surface area contributed by atoms with Gasteiger partial charge in [-0.2, -0.15) is 0 Å². The van der Waals surface area contributed by atoms with Crippen LogP contribution in [0.15, 0.2) is 53.4 Å². The Kier molecular flexibility index (Phi) is 4.58. The Morgan fingerprint density at radius 1 is 1.12 bits per heavy atom. The molecule has 0 aliphatic heterocycles. The van der Waals surface area contributed by atoms with Crippen molar-refractivity contribution in [3.63, 3.8) is 0 Å². The van der Waals surface area contributed by atoms with Crippen molar-refractivity contribution in [1.29, 1.82) is 0 Å². The molecule has 0 bridgehead atoms. The van der Waals surface area contributed by atoms with Crippen molar-refractivity contribution in [3.8, 4) is 0 Å². The van der Waals surface area contributed by atoms with E-state index in [2.05, 4.69) is 0 Å². The standard InChI is InChI=1S/C17H15Cl2NO4S/c18-11-4-6-13(7-5-11)25(23,24)15-14(17(15,9-20)16(21)22)10-2-1-3-12(19)8-10/h1-8,14-15H,9,20H2,(H,21,22)/t14-,15-,17+/m1/s1. The number of carbonyl (C=O) groups is 1. The maximum atomic E-state index is 13.1. The third kappa shape index (κ3) is 2.83. The highest BCUT2D eigenvalue weighted by molar-refractivity contribution is 7.92. The van der Waals surface area contributed by atoms with E-state index in [0.717, 1.165) is 0 Å². The number of carboxylic acids is 1. The molecule has 2 aromatic carbocycles. The van der Waals surface area contributed by atoms with Gasteiger partial charge in [0.25, 0.3) is 0 Å². The van der Waals surface area contributed by atoms with Gasteiger partial charge < -0.3 is 10.8 Å². The van der Waals surface area contributed by atoms with Crippen molar-refractivity contribution in [2.75, 3.05) is 6.54 Å². The molecule has 0 aromatic heterocycles. The van der Waals surface area contributed by atoms with Crippen LogP contribution in [0.1, 0.15) is 11.5 Å². The normalized spacial score (nSPS) is 25.6. The number of carboxylic acid groups (broad SMARTS) is 1. The highest BCUT2D eigenvalue weighted by Gasteiger charge is 2.75. The molecule has 1 aliphatic rings. The van der Waals surface area contributed by atoms with Crippen LogP contribution in [-0.4, -0.2) is 31.3 Å². The minimum atomic E-state index is -3.92. The summed E-state index contributed by atoms with van der Waals surface area (Å²) in [6, 6.07) is 12.2. The molecule has 3 N–H and O–H groups in total. The van der Waals surface area contributed by atoms with Gasteiger partial charge in [0.05, 0.1) is 10.1 Å². The number of sulfone groups is 1. The summed E-state index contributed by atoms with van der Waals surface area (Å²) >= 11 is 11.8. The molecule has 5 nitrogen and oxygen atoms in total. The predicted molar refractivity (Wildman–Crippen MR) is 95.7 cm³/mol. The summed E-state index contributed by atoms with van der Waals surface area (Å²) in [6.45, 7) is -0.295. The molecule has 0 amide bonds. The van der Waals surface area contributed by atoms with Crippen LogP contribution in [0.3, 0.4) is 0 Å². The van der Waals surface area contributed by atoms with Gasteiger partial charge in [-0.15, -0.1) is 0 Å². The molecule has 0 unspecified atom stereocenters. The second kappa shape index (κ2) is 6.29. The quantitative estimate of drug-likeness (QED) is 0.804. The number of aliphatic carboxylic acids is 1. The largest absolute Gasteiger partial charge is 0.481 e. The molecule has 2 aromatic rings. The summed E-state index contributed by atoms with van der Waals surface area (Å²) in [6.07, 6.45) is 0. The van der Waals surface area contributed by atoms with E-state index in [9.17, 15) is 18.3 Å². The summed E-state index contributed by atoms with van der Waals surface area (Å²) in [4.78, 5) is 11.9. The summed E-state index contributed by atoms with van der Waals surface area (Å²) in [5.74, 6) is -2.00. The number of hydrogen-bond donors (Lipinski definition) is 2. The van der Waals surface area contributed by atoms with Gasteiger partial charge >= 0.3 is 5.97 Å². The van der Waals surface area contributed by atoms with Crippen LogP contribution in [0.2, 0.25) is 10.0 Å². The van der Waals surface area contributed by atoms with E-state index >= 15 is 0 Å². The number of rotatable bonds is 5. The second-order valence-electron chi connectivity index (χ2n) is 6.00. The Morgan fingerprint density at radius 2 is 1.76 bits per heavy atom. The maximum absolute atomic E-state index is 13.1. The molecule has 3 rings (SSSR count). The first kappa shape index (κ1) is 18.2. The number of benzene rings is 2. The first-order chi connectivity index (χ1) is 11.7. The maximum Gasteiger partial charge on any atom is 0.312 e. The molecule has 0 radical (unpaired) electrons. The fraction of sp³-hybridized carbons (Fsp3) is 0.235. The molecule has 0 heterocycles. The Balaban J connectivity index is 2.12. The fourth-order valence-electron chi connectivity index (χ4n) is 3.39. The molecule has 0 saturated heterocycles. The molecule has 0 spiro atoms. The van der Waals surface area contributed by atoms with Crippen LogP contribution in [0.4, 0.5) is 0 Å². The lowest BCUT2D eigenvalue weighted by Crippen LogP contribution is -2.31. The van der Waals surface area contributed by atoms with E-state index in [1.54, 1.807) is 24.3 Å². The van der Waals surface area contributed by atoms with Crippen LogP contribution >= 0.6 is 23.2 Å². The summed E-state index contributed by atoms with van der Waals surface area (Å²) in [7, 11) is -3.92. The van der Waals surface area contributed by atoms with Crippen molar-refractivity contribution in [2.24, 2.45) is 11.1 Å². The predicted octanol–water partition coefficient (Wildman–Crippen LogP) is 2.96. The number of hydrogen-bond acceptors (Lipinski definition) is 4. The Morgan fingerprint density at radius 3 is 2.28 bits per heavy atom. The van der Waals surface area contributed by atoms with Crippen LogP contribution in [0.5, 0.6) is 0 Å². The van der Waals surface area contributed by atoms with Gasteiger partial charge in [0, 0.05) is 22.5 Å². The third-order valence-electron chi connectivity index (χ3n) is 4.68. The fourth-order valence-corrected chi connectivity index (χ4v) is 6.10. The minimum Gasteiger partial charge on any atom is -0.481 e. The van der Waals surface area contributed by atoms with Gasteiger partial charge in [0.1, 0.15) is 5.41 Å². The lowest BCUT2D eigenvalue weighted by molar-refractivity contribution is -0.143.